The first-order valence-corrected chi connectivity index (χ1v) is 11.8. The molecule has 6 nitrogen and oxygen atoms in total. The van der Waals surface area contributed by atoms with E-state index in [0.717, 1.165) is 34.4 Å². The Labute approximate surface area is 216 Å². The molecule has 5 aromatic rings. The van der Waals surface area contributed by atoms with E-state index in [1.54, 1.807) is 38.4 Å². The van der Waals surface area contributed by atoms with Crippen molar-refractivity contribution in [1.29, 1.82) is 0 Å². The minimum Gasteiger partial charge on any atom is -0.473 e. The summed E-state index contributed by atoms with van der Waals surface area (Å²) in [7, 11) is 0. The molecule has 3 heterocycles. The third kappa shape index (κ3) is 4.82. The van der Waals surface area contributed by atoms with Crippen LogP contribution in [0, 0.1) is 31.3 Å². The number of nitrogens with one attached hydrogen (secondary N) is 1. The van der Waals surface area contributed by atoms with E-state index in [9.17, 15) is 18.0 Å². The van der Waals surface area contributed by atoms with E-state index in [-0.39, 0.29) is 18.3 Å². The van der Waals surface area contributed by atoms with Gasteiger partial charge in [0, 0.05) is 30.6 Å². The number of nitrogens with zero attached hydrogens (tertiary/aromatic N) is 3. The highest BCUT2D eigenvalue weighted by Crippen LogP contribution is 2.26. The van der Waals surface area contributed by atoms with Gasteiger partial charge < -0.3 is 10.1 Å². The van der Waals surface area contributed by atoms with E-state index in [2.05, 4.69) is 15.4 Å². The van der Waals surface area contributed by atoms with Crippen LogP contribution >= 0.6 is 0 Å². The summed E-state index contributed by atoms with van der Waals surface area (Å²) >= 11 is 0. The van der Waals surface area contributed by atoms with Gasteiger partial charge in [-0.05, 0) is 54.8 Å². The van der Waals surface area contributed by atoms with E-state index in [1.807, 2.05) is 36.4 Å². The number of halogens is 3. The second-order valence-corrected chi connectivity index (χ2v) is 8.82. The van der Waals surface area contributed by atoms with Gasteiger partial charge in [0.05, 0.1) is 22.3 Å². The van der Waals surface area contributed by atoms with Crippen LogP contribution in [-0.4, -0.2) is 20.5 Å². The van der Waals surface area contributed by atoms with Crippen LogP contribution in [0.15, 0.2) is 73.1 Å². The first-order chi connectivity index (χ1) is 18.3. The zero-order valence-electron chi connectivity index (χ0n) is 20.6. The normalized spacial score (nSPS) is 11.1. The first-order valence-electron chi connectivity index (χ1n) is 11.8. The maximum atomic E-state index is 14.1. The predicted octanol–water partition coefficient (Wildman–Crippen LogP) is 5.94. The second-order valence-electron chi connectivity index (χ2n) is 8.82. The van der Waals surface area contributed by atoms with E-state index < -0.39 is 29.6 Å². The maximum Gasteiger partial charge on any atom is 0.255 e. The number of hydrogen-bond acceptors (Lipinski definition) is 4. The molecular weight excluding hydrogens is 493 g/mol. The summed E-state index contributed by atoms with van der Waals surface area (Å²) < 4.78 is 48.9. The minimum atomic E-state index is -1.31. The lowest BCUT2D eigenvalue weighted by atomic mass is 10.0. The van der Waals surface area contributed by atoms with Crippen LogP contribution < -0.4 is 10.1 Å². The molecule has 0 atom stereocenters. The van der Waals surface area contributed by atoms with Crippen molar-refractivity contribution in [3.05, 3.63) is 118 Å². The van der Waals surface area contributed by atoms with E-state index in [4.69, 9.17) is 4.74 Å². The number of pyridine rings is 2. The third-order valence-electron chi connectivity index (χ3n) is 6.18. The lowest BCUT2D eigenvalue weighted by Crippen LogP contribution is -2.23. The molecule has 5 rings (SSSR count). The van der Waals surface area contributed by atoms with Gasteiger partial charge in [-0.1, -0.05) is 30.3 Å². The largest absolute Gasteiger partial charge is 0.473 e. The second kappa shape index (κ2) is 10.4. The molecule has 0 aliphatic heterocycles. The molecule has 192 valence electrons. The number of hydrogen-bond donors (Lipinski definition) is 1. The van der Waals surface area contributed by atoms with Gasteiger partial charge in [-0.2, -0.15) is 9.61 Å². The van der Waals surface area contributed by atoms with Crippen molar-refractivity contribution in [3.8, 4) is 17.0 Å². The Hall–Kier alpha value is -4.66. The number of benzene rings is 2. The topological polar surface area (TPSA) is 68.5 Å². The van der Waals surface area contributed by atoms with Crippen molar-refractivity contribution in [3.63, 3.8) is 0 Å². The molecule has 9 heteroatoms. The number of ether oxygens (including phenoxy) is 1. The first kappa shape index (κ1) is 25.0. The van der Waals surface area contributed by atoms with Gasteiger partial charge in [-0.15, -0.1) is 0 Å². The summed E-state index contributed by atoms with van der Waals surface area (Å²) in [5.74, 6) is -3.57. The van der Waals surface area contributed by atoms with Crippen molar-refractivity contribution in [2.75, 3.05) is 0 Å². The highest BCUT2D eigenvalue weighted by molar-refractivity contribution is 6.02. The van der Waals surface area contributed by atoms with Gasteiger partial charge in [0.15, 0.2) is 11.6 Å². The van der Waals surface area contributed by atoms with Crippen molar-refractivity contribution >= 4 is 11.4 Å². The lowest BCUT2D eigenvalue weighted by molar-refractivity contribution is 0.0952. The van der Waals surface area contributed by atoms with Crippen LogP contribution in [0.4, 0.5) is 13.2 Å². The fraction of sp³-hybridized carbons (Fsp3) is 0.138. The summed E-state index contributed by atoms with van der Waals surface area (Å²) in [5.41, 5.74) is 4.28. The van der Waals surface area contributed by atoms with Crippen LogP contribution in [0.25, 0.3) is 16.6 Å². The SMILES string of the molecule is Cc1cc(OCc2c(F)ccc(F)c2F)n2nc(C)c(C(=O)NCc3ccccc3-c3cccnc3)c2c1. The predicted molar refractivity (Wildman–Crippen MR) is 136 cm³/mol. The molecule has 0 bridgehead atoms. The van der Waals surface area contributed by atoms with Gasteiger partial charge in [-0.3, -0.25) is 9.78 Å². The molecule has 0 unspecified atom stereocenters. The van der Waals surface area contributed by atoms with Gasteiger partial charge in [0.2, 0.25) is 5.88 Å². The van der Waals surface area contributed by atoms with Crippen molar-refractivity contribution in [2.45, 2.75) is 27.0 Å². The monoisotopic (exact) mass is 516 g/mol. The summed E-state index contributed by atoms with van der Waals surface area (Å²) in [4.78, 5) is 17.5. The summed E-state index contributed by atoms with van der Waals surface area (Å²) in [6, 6.07) is 16.5. The number of rotatable bonds is 7. The summed E-state index contributed by atoms with van der Waals surface area (Å²) in [6.45, 7) is 3.20. The molecule has 0 aliphatic carbocycles. The van der Waals surface area contributed by atoms with Gasteiger partial charge in [-0.25, -0.2) is 13.2 Å². The Morgan fingerprint density at radius 2 is 1.79 bits per heavy atom. The summed E-state index contributed by atoms with van der Waals surface area (Å²) in [6.07, 6.45) is 3.47. The molecule has 3 aromatic heterocycles. The number of aryl methyl sites for hydroxylation is 2. The van der Waals surface area contributed by atoms with E-state index in [0.29, 0.717) is 16.8 Å². The molecular formula is C29H23F3N4O2. The van der Waals surface area contributed by atoms with Crippen LogP contribution in [0.2, 0.25) is 0 Å². The fourth-order valence-electron chi connectivity index (χ4n) is 4.33. The average Bonchev–Trinajstić information content (AvgIpc) is 3.25. The molecule has 1 amide bonds. The van der Waals surface area contributed by atoms with Crippen LogP contribution in [0.3, 0.4) is 0 Å². The van der Waals surface area contributed by atoms with E-state index in [1.165, 1.54) is 4.52 Å². The quantitative estimate of drug-likeness (QED) is 0.272. The van der Waals surface area contributed by atoms with Crippen LogP contribution in [0.1, 0.15) is 32.7 Å². The Kier molecular flexibility index (Phi) is 6.83. The van der Waals surface area contributed by atoms with Crippen LogP contribution in [0.5, 0.6) is 5.88 Å². The zero-order valence-corrected chi connectivity index (χ0v) is 20.6. The Morgan fingerprint density at radius 3 is 2.58 bits per heavy atom. The molecule has 0 fully saturated rings. The molecule has 38 heavy (non-hydrogen) atoms. The number of carbonyl (C=O) groups excluding carboxylic acids is 1. The highest BCUT2D eigenvalue weighted by atomic mass is 19.2. The van der Waals surface area contributed by atoms with Crippen LogP contribution in [-0.2, 0) is 13.2 Å². The minimum absolute atomic E-state index is 0.159. The number of carbonyl (C=O) groups is 1. The molecule has 2 aromatic carbocycles. The standard InChI is InChI=1S/C29H23F3N4O2/c1-17-12-25-27(29(37)34-15-20-6-3-4-8-21(20)19-7-5-11-33-14-19)18(2)35-36(25)26(13-17)38-16-22-23(30)9-10-24(31)28(22)32/h3-14H,15-16H2,1-2H3,(H,34,37). The molecule has 0 saturated carbocycles. The molecule has 1 N–H and O–H groups in total. The summed E-state index contributed by atoms with van der Waals surface area (Å²) in [5, 5.41) is 7.40. The third-order valence-corrected chi connectivity index (χ3v) is 6.18. The molecule has 0 saturated heterocycles. The van der Waals surface area contributed by atoms with E-state index >= 15 is 0 Å². The fourth-order valence-corrected chi connectivity index (χ4v) is 4.33. The van der Waals surface area contributed by atoms with Crippen molar-refractivity contribution in [1.82, 2.24) is 19.9 Å². The van der Waals surface area contributed by atoms with Gasteiger partial charge >= 0.3 is 0 Å². The van der Waals surface area contributed by atoms with Crippen molar-refractivity contribution < 1.29 is 22.7 Å². The van der Waals surface area contributed by atoms with Gasteiger partial charge in [0.1, 0.15) is 12.4 Å². The highest BCUT2D eigenvalue weighted by Gasteiger charge is 2.21. The Balaban J connectivity index is 1.41. The maximum absolute atomic E-state index is 14.1. The average molecular weight is 517 g/mol. The Bertz CT molecular complexity index is 1650. The number of fused-ring (bicyclic) bond motifs is 1. The molecule has 0 spiro atoms. The molecule has 0 aliphatic rings. The van der Waals surface area contributed by atoms with Gasteiger partial charge in [0.25, 0.3) is 5.91 Å². The Morgan fingerprint density at radius 1 is 1.00 bits per heavy atom. The van der Waals surface area contributed by atoms with Crippen molar-refractivity contribution in [2.24, 2.45) is 0 Å². The number of amides is 1. The number of aromatic nitrogens is 3. The smallest absolute Gasteiger partial charge is 0.255 e. The lowest BCUT2D eigenvalue weighted by Gasteiger charge is -2.12. The zero-order chi connectivity index (χ0) is 26.8. The molecule has 0 radical (unpaired) electrons.